The SMILES string of the molecule is CCNC(=O)NCCC(=O)N1CCN(c2ncccn2)CC1. The van der Waals surface area contributed by atoms with Crippen molar-refractivity contribution in [1.29, 1.82) is 0 Å². The Morgan fingerprint density at radius 1 is 1.14 bits per heavy atom. The first-order valence-electron chi connectivity index (χ1n) is 7.52. The Balaban J connectivity index is 1.70. The third kappa shape index (κ3) is 4.57. The molecule has 8 heteroatoms. The van der Waals surface area contributed by atoms with Gasteiger partial charge in [0.2, 0.25) is 11.9 Å². The van der Waals surface area contributed by atoms with Gasteiger partial charge in [-0.3, -0.25) is 4.79 Å². The third-order valence-corrected chi connectivity index (χ3v) is 3.43. The number of hydrogen-bond donors (Lipinski definition) is 2. The summed E-state index contributed by atoms with van der Waals surface area (Å²) in [4.78, 5) is 35.6. The highest BCUT2D eigenvalue weighted by atomic mass is 16.2. The lowest BCUT2D eigenvalue weighted by atomic mass is 10.3. The summed E-state index contributed by atoms with van der Waals surface area (Å²) in [7, 11) is 0. The van der Waals surface area contributed by atoms with Gasteiger partial charge in [-0.1, -0.05) is 0 Å². The minimum Gasteiger partial charge on any atom is -0.339 e. The van der Waals surface area contributed by atoms with Crippen molar-refractivity contribution in [1.82, 2.24) is 25.5 Å². The molecule has 0 atom stereocenters. The molecular weight excluding hydrogens is 284 g/mol. The summed E-state index contributed by atoms with van der Waals surface area (Å²) in [5.41, 5.74) is 0. The van der Waals surface area contributed by atoms with Gasteiger partial charge in [-0.2, -0.15) is 0 Å². The van der Waals surface area contributed by atoms with E-state index in [-0.39, 0.29) is 11.9 Å². The summed E-state index contributed by atoms with van der Waals surface area (Å²) in [6, 6.07) is 1.55. The first kappa shape index (κ1) is 16.0. The molecule has 0 radical (unpaired) electrons. The predicted octanol–water partition coefficient (Wildman–Crippen LogP) is -0.166. The molecule has 1 aliphatic heterocycles. The molecule has 1 aromatic rings. The molecule has 120 valence electrons. The van der Waals surface area contributed by atoms with Crippen molar-refractivity contribution in [2.24, 2.45) is 0 Å². The molecule has 1 fully saturated rings. The minimum atomic E-state index is -0.235. The summed E-state index contributed by atoms with van der Waals surface area (Å²) in [6.07, 6.45) is 3.75. The Labute approximate surface area is 129 Å². The number of urea groups is 1. The van der Waals surface area contributed by atoms with Gasteiger partial charge in [-0.15, -0.1) is 0 Å². The Hall–Kier alpha value is -2.38. The first-order valence-corrected chi connectivity index (χ1v) is 7.52. The third-order valence-electron chi connectivity index (χ3n) is 3.43. The van der Waals surface area contributed by atoms with Gasteiger partial charge in [0.05, 0.1) is 0 Å². The summed E-state index contributed by atoms with van der Waals surface area (Å²) < 4.78 is 0. The molecule has 2 N–H and O–H groups in total. The average Bonchev–Trinajstić information content (AvgIpc) is 2.56. The number of nitrogens with one attached hydrogen (secondary N) is 2. The Morgan fingerprint density at radius 2 is 1.82 bits per heavy atom. The molecule has 22 heavy (non-hydrogen) atoms. The lowest BCUT2D eigenvalue weighted by molar-refractivity contribution is -0.131. The molecule has 0 unspecified atom stereocenters. The van der Waals surface area contributed by atoms with Crippen molar-refractivity contribution >= 4 is 17.9 Å². The van der Waals surface area contributed by atoms with Gasteiger partial charge >= 0.3 is 6.03 Å². The molecule has 0 bridgehead atoms. The Kier molecular flexibility index (Phi) is 5.93. The molecule has 3 amide bonds. The molecule has 2 heterocycles. The van der Waals surface area contributed by atoms with Crippen LogP contribution in [0.4, 0.5) is 10.7 Å². The van der Waals surface area contributed by atoms with E-state index >= 15 is 0 Å². The zero-order chi connectivity index (χ0) is 15.8. The maximum Gasteiger partial charge on any atom is 0.314 e. The number of aromatic nitrogens is 2. The van der Waals surface area contributed by atoms with Crippen LogP contribution in [0, 0.1) is 0 Å². The van der Waals surface area contributed by atoms with Crippen molar-refractivity contribution < 1.29 is 9.59 Å². The van der Waals surface area contributed by atoms with Crippen LogP contribution in [0.5, 0.6) is 0 Å². The maximum absolute atomic E-state index is 12.1. The molecule has 2 rings (SSSR count). The number of anilines is 1. The van der Waals surface area contributed by atoms with Crippen LogP contribution in [-0.2, 0) is 4.79 Å². The topological polar surface area (TPSA) is 90.5 Å². The van der Waals surface area contributed by atoms with E-state index in [2.05, 4.69) is 25.5 Å². The van der Waals surface area contributed by atoms with Gasteiger partial charge in [-0.25, -0.2) is 14.8 Å². The molecule has 0 spiro atoms. The molecule has 1 aromatic heterocycles. The van der Waals surface area contributed by atoms with E-state index in [4.69, 9.17) is 0 Å². The summed E-state index contributed by atoms with van der Waals surface area (Å²) in [5.74, 6) is 0.762. The average molecular weight is 306 g/mol. The van der Waals surface area contributed by atoms with Crippen LogP contribution in [0.3, 0.4) is 0 Å². The van der Waals surface area contributed by atoms with E-state index in [0.717, 1.165) is 13.1 Å². The number of carbonyl (C=O) groups excluding carboxylic acids is 2. The minimum absolute atomic E-state index is 0.0606. The maximum atomic E-state index is 12.1. The largest absolute Gasteiger partial charge is 0.339 e. The zero-order valence-corrected chi connectivity index (χ0v) is 12.8. The van der Waals surface area contributed by atoms with Crippen LogP contribution >= 0.6 is 0 Å². The first-order chi connectivity index (χ1) is 10.7. The molecule has 1 saturated heterocycles. The molecule has 8 nitrogen and oxygen atoms in total. The molecular formula is C14H22N6O2. The Bertz CT molecular complexity index is 487. The van der Waals surface area contributed by atoms with E-state index in [0.29, 0.717) is 38.5 Å². The van der Waals surface area contributed by atoms with Crippen LogP contribution in [0.1, 0.15) is 13.3 Å². The number of carbonyl (C=O) groups is 2. The van der Waals surface area contributed by atoms with Crippen LogP contribution in [0.2, 0.25) is 0 Å². The Morgan fingerprint density at radius 3 is 2.45 bits per heavy atom. The van der Waals surface area contributed by atoms with Crippen LogP contribution in [0.25, 0.3) is 0 Å². The van der Waals surface area contributed by atoms with Gasteiger partial charge in [0, 0.05) is 58.1 Å². The quantitative estimate of drug-likeness (QED) is 0.788. The highest BCUT2D eigenvalue weighted by Crippen LogP contribution is 2.10. The molecule has 0 saturated carbocycles. The normalized spacial score (nSPS) is 14.6. The van der Waals surface area contributed by atoms with E-state index < -0.39 is 0 Å². The second-order valence-corrected chi connectivity index (χ2v) is 4.95. The predicted molar refractivity (Wildman–Crippen MR) is 82.5 cm³/mol. The number of amides is 3. The van der Waals surface area contributed by atoms with Gasteiger partial charge in [0.25, 0.3) is 0 Å². The van der Waals surface area contributed by atoms with Gasteiger partial charge in [0.1, 0.15) is 0 Å². The van der Waals surface area contributed by atoms with Gasteiger partial charge in [0.15, 0.2) is 0 Å². The summed E-state index contributed by atoms with van der Waals surface area (Å²) in [6.45, 7) is 5.52. The fourth-order valence-electron chi connectivity index (χ4n) is 2.27. The molecule has 1 aliphatic rings. The van der Waals surface area contributed by atoms with Crippen molar-refractivity contribution in [3.8, 4) is 0 Å². The molecule has 0 aromatic carbocycles. The standard InChI is InChI=1S/C14H22N6O2/c1-2-15-14(22)18-7-4-12(21)19-8-10-20(11-9-19)13-16-5-3-6-17-13/h3,5-6H,2,4,7-11H2,1H3,(H2,15,18,22). The highest BCUT2D eigenvalue weighted by Gasteiger charge is 2.22. The highest BCUT2D eigenvalue weighted by molar-refractivity contribution is 5.78. The number of nitrogens with zero attached hydrogens (tertiary/aromatic N) is 4. The lowest BCUT2D eigenvalue weighted by Crippen LogP contribution is -2.49. The van der Waals surface area contributed by atoms with Crippen LogP contribution in [0.15, 0.2) is 18.5 Å². The zero-order valence-electron chi connectivity index (χ0n) is 12.8. The van der Waals surface area contributed by atoms with Crippen LogP contribution in [-0.4, -0.2) is 66.1 Å². The van der Waals surface area contributed by atoms with E-state index in [1.54, 1.807) is 18.5 Å². The van der Waals surface area contributed by atoms with E-state index in [1.807, 2.05) is 11.8 Å². The van der Waals surface area contributed by atoms with Gasteiger partial charge < -0.3 is 20.4 Å². The van der Waals surface area contributed by atoms with Crippen molar-refractivity contribution in [3.05, 3.63) is 18.5 Å². The summed E-state index contributed by atoms with van der Waals surface area (Å²) in [5, 5.41) is 5.29. The van der Waals surface area contributed by atoms with Crippen molar-refractivity contribution in [3.63, 3.8) is 0 Å². The van der Waals surface area contributed by atoms with E-state index in [9.17, 15) is 9.59 Å². The lowest BCUT2D eigenvalue weighted by Gasteiger charge is -2.34. The second-order valence-electron chi connectivity index (χ2n) is 4.95. The van der Waals surface area contributed by atoms with E-state index in [1.165, 1.54) is 0 Å². The number of piperazine rings is 1. The smallest absolute Gasteiger partial charge is 0.314 e. The van der Waals surface area contributed by atoms with Crippen LogP contribution < -0.4 is 15.5 Å². The number of rotatable bonds is 5. The monoisotopic (exact) mass is 306 g/mol. The molecule has 0 aliphatic carbocycles. The second kappa shape index (κ2) is 8.16. The fourth-order valence-corrected chi connectivity index (χ4v) is 2.27. The number of hydrogen-bond acceptors (Lipinski definition) is 5. The van der Waals surface area contributed by atoms with Crippen molar-refractivity contribution in [2.45, 2.75) is 13.3 Å². The van der Waals surface area contributed by atoms with Gasteiger partial charge in [-0.05, 0) is 13.0 Å². The van der Waals surface area contributed by atoms with Crippen molar-refractivity contribution in [2.75, 3.05) is 44.2 Å². The summed E-state index contributed by atoms with van der Waals surface area (Å²) >= 11 is 0. The fraction of sp³-hybridized carbons (Fsp3) is 0.571.